The minimum absolute atomic E-state index is 0. The molecule has 0 radical (unpaired) electrons. The van der Waals surface area contributed by atoms with Gasteiger partial charge in [0.1, 0.15) is 12.3 Å². The largest absolute Gasteiger partial charge is 0.467 e. The molecule has 2 heterocycles. The van der Waals surface area contributed by atoms with Gasteiger partial charge in [-0.2, -0.15) is 0 Å². The molecule has 1 aromatic rings. The summed E-state index contributed by atoms with van der Waals surface area (Å²) in [4.78, 5) is 9.50. The molecule has 1 saturated heterocycles. The van der Waals surface area contributed by atoms with Crippen molar-refractivity contribution in [1.82, 2.24) is 20.4 Å². The van der Waals surface area contributed by atoms with E-state index in [4.69, 9.17) is 4.42 Å². The van der Waals surface area contributed by atoms with Gasteiger partial charge in [-0.3, -0.25) is 0 Å². The van der Waals surface area contributed by atoms with Crippen LogP contribution in [-0.2, 0) is 6.54 Å². The van der Waals surface area contributed by atoms with Crippen LogP contribution in [0.5, 0.6) is 0 Å². The van der Waals surface area contributed by atoms with E-state index < -0.39 is 0 Å². The molecule has 0 aromatic carbocycles. The van der Waals surface area contributed by atoms with Crippen LogP contribution in [0.2, 0.25) is 0 Å². The number of hydrogen-bond donors (Lipinski definition) is 2. The van der Waals surface area contributed by atoms with Gasteiger partial charge in [0.25, 0.3) is 0 Å². The lowest BCUT2D eigenvalue weighted by molar-refractivity contribution is 0.152. The molecule has 0 saturated carbocycles. The number of furan rings is 1. The van der Waals surface area contributed by atoms with Gasteiger partial charge in [0.15, 0.2) is 5.96 Å². The summed E-state index contributed by atoms with van der Waals surface area (Å²) in [5, 5.41) is 6.67. The van der Waals surface area contributed by atoms with Crippen LogP contribution in [0, 0.1) is 0 Å². The minimum atomic E-state index is 0. The predicted octanol–water partition coefficient (Wildman–Crippen LogP) is 1.98. The van der Waals surface area contributed by atoms with Crippen LogP contribution >= 0.6 is 24.0 Å². The van der Waals surface area contributed by atoms with Crippen molar-refractivity contribution in [3.8, 4) is 0 Å². The number of piperazine rings is 1. The van der Waals surface area contributed by atoms with Crippen molar-refractivity contribution >= 4 is 29.9 Å². The molecule has 2 rings (SSSR count). The molecule has 24 heavy (non-hydrogen) atoms. The Morgan fingerprint density at radius 2 is 2.00 bits per heavy atom. The fourth-order valence-electron chi connectivity index (χ4n) is 2.64. The van der Waals surface area contributed by atoms with Crippen LogP contribution in [0.1, 0.15) is 25.5 Å². The van der Waals surface area contributed by atoms with Crippen LogP contribution in [0.4, 0.5) is 0 Å². The Hall–Kier alpha value is -0.800. The molecular formula is C17H32IN5O. The Labute approximate surface area is 163 Å². The zero-order valence-electron chi connectivity index (χ0n) is 15.0. The third-order valence-corrected chi connectivity index (χ3v) is 4.11. The molecular weight excluding hydrogens is 417 g/mol. The van der Waals surface area contributed by atoms with E-state index in [0.717, 1.165) is 31.2 Å². The number of likely N-dealkylation sites (N-methyl/N-ethyl adjacent to an activating group) is 1. The van der Waals surface area contributed by atoms with Crippen molar-refractivity contribution in [2.75, 3.05) is 52.9 Å². The number of unbranched alkanes of at least 4 members (excludes halogenated alkanes) is 1. The van der Waals surface area contributed by atoms with Gasteiger partial charge in [0.05, 0.1) is 6.26 Å². The summed E-state index contributed by atoms with van der Waals surface area (Å²) in [7, 11) is 2.20. The molecule has 0 spiro atoms. The summed E-state index contributed by atoms with van der Waals surface area (Å²) in [6.07, 6.45) is 4.08. The van der Waals surface area contributed by atoms with Gasteiger partial charge in [0.2, 0.25) is 0 Å². The molecule has 2 N–H and O–H groups in total. The number of guanidine groups is 1. The number of nitrogens with zero attached hydrogens (tertiary/aromatic N) is 3. The van der Waals surface area contributed by atoms with Gasteiger partial charge >= 0.3 is 0 Å². The number of halogens is 1. The van der Waals surface area contributed by atoms with E-state index in [1.165, 1.54) is 39.1 Å². The third-order valence-electron chi connectivity index (χ3n) is 4.11. The lowest BCUT2D eigenvalue weighted by Crippen LogP contribution is -2.44. The molecule has 0 unspecified atom stereocenters. The lowest BCUT2D eigenvalue weighted by atomic mass is 10.2. The molecule has 6 nitrogen and oxygen atoms in total. The highest BCUT2D eigenvalue weighted by Crippen LogP contribution is 2.02. The van der Waals surface area contributed by atoms with E-state index in [0.29, 0.717) is 6.54 Å². The number of nitrogens with one attached hydrogen (secondary N) is 2. The quantitative estimate of drug-likeness (QED) is 0.275. The van der Waals surface area contributed by atoms with Crippen molar-refractivity contribution in [2.45, 2.75) is 26.3 Å². The Bertz CT molecular complexity index is 444. The summed E-state index contributed by atoms with van der Waals surface area (Å²) >= 11 is 0. The highest BCUT2D eigenvalue weighted by atomic mass is 127. The number of hydrogen-bond acceptors (Lipinski definition) is 4. The minimum Gasteiger partial charge on any atom is -0.467 e. The van der Waals surface area contributed by atoms with Gasteiger partial charge < -0.3 is 24.9 Å². The van der Waals surface area contributed by atoms with Crippen molar-refractivity contribution < 1.29 is 4.42 Å². The molecule has 138 valence electrons. The SMILES string of the molecule is CCNC(=NCc1ccco1)NCCCCN1CCN(C)CC1.I. The first-order valence-corrected chi connectivity index (χ1v) is 8.73. The second-order valence-corrected chi connectivity index (χ2v) is 6.05. The normalized spacial score (nSPS) is 16.7. The monoisotopic (exact) mass is 449 g/mol. The van der Waals surface area contributed by atoms with Crippen LogP contribution in [0.15, 0.2) is 27.8 Å². The Balaban J connectivity index is 0.00000288. The smallest absolute Gasteiger partial charge is 0.191 e. The van der Waals surface area contributed by atoms with Crippen molar-refractivity contribution in [1.29, 1.82) is 0 Å². The van der Waals surface area contributed by atoms with Crippen molar-refractivity contribution in [2.24, 2.45) is 4.99 Å². The maximum Gasteiger partial charge on any atom is 0.191 e. The van der Waals surface area contributed by atoms with Gasteiger partial charge in [0, 0.05) is 39.3 Å². The van der Waals surface area contributed by atoms with Crippen LogP contribution in [-0.4, -0.2) is 68.6 Å². The van der Waals surface area contributed by atoms with E-state index >= 15 is 0 Å². The zero-order chi connectivity index (χ0) is 16.3. The molecule has 1 fully saturated rings. The van der Waals surface area contributed by atoms with Crippen molar-refractivity contribution in [3.63, 3.8) is 0 Å². The molecule has 0 aliphatic carbocycles. The highest BCUT2D eigenvalue weighted by Gasteiger charge is 2.12. The summed E-state index contributed by atoms with van der Waals surface area (Å²) in [6, 6.07) is 3.84. The van der Waals surface area contributed by atoms with Crippen LogP contribution < -0.4 is 10.6 Å². The van der Waals surface area contributed by atoms with Gasteiger partial charge in [-0.05, 0) is 45.5 Å². The average molecular weight is 449 g/mol. The maximum atomic E-state index is 5.31. The van der Waals surface area contributed by atoms with E-state index in [-0.39, 0.29) is 24.0 Å². The summed E-state index contributed by atoms with van der Waals surface area (Å²) in [5.41, 5.74) is 0. The van der Waals surface area contributed by atoms with Crippen LogP contribution in [0.25, 0.3) is 0 Å². The maximum absolute atomic E-state index is 5.31. The molecule has 0 amide bonds. The van der Waals surface area contributed by atoms with E-state index in [2.05, 4.69) is 39.4 Å². The van der Waals surface area contributed by atoms with Gasteiger partial charge in [-0.15, -0.1) is 24.0 Å². The Morgan fingerprint density at radius 3 is 2.67 bits per heavy atom. The first-order valence-electron chi connectivity index (χ1n) is 8.73. The summed E-state index contributed by atoms with van der Waals surface area (Å²) in [6.45, 7) is 10.5. The first-order chi connectivity index (χ1) is 11.3. The Kier molecular flexibility index (Phi) is 11.1. The lowest BCUT2D eigenvalue weighted by Gasteiger charge is -2.32. The fraction of sp³-hybridized carbons (Fsp3) is 0.706. The summed E-state index contributed by atoms with van der Waals surface area (Å²) in [5.74, 6) is 1.75. The molecule has 7 heteroatoms. The number of rotatable bonds is 8. The standard InChI is InChI=1S/C17H31N5O.HI/c1-3-18-17(20-15-16-7-6-14-23-16)19-8-4-5-9-22-12-10-21(2)11-13-22;/h6-7,14H,3-5,8-13,15H2,1-2H3,(H2,18,19,20);1H. The first kappa shape index (κ1) is 21.2. The summed E-state index contributed by atoms with van der Waals surface area (Å²) < 4.78 is 5.31. The number of aliphatic imine (C=N–C) groups is 1. The van der Waals surface area contributed by atoms with E-state index in [1.54, 1.807) is 6.26 Å². The predicted molar refractivity (Wildman–Crippen MR) is 110 cm³/mol. The molecule has 1 aliphatic heterocycles. The molecule has 0 atom stereocenters. The second kappa shape index (κ2) is 12.5. The highest BCUT2D eigenvalue weighted by molar-refractivity contribution is 14.0. The topological polar surface area (TPSA) is 56.0 Å². The average Bonchev–Trinajstić information content (AvgIpc) is 3.07. The second-order valence-electron chi connectivity index (χ2n) is 6.05. The fourth-order valence-corrected chi connectivity index (χ4v) is 2.64. The third kappa shape index (κ3) is 8.34. The molecule has 1 aliphatic rings. The van der Waals surface area contributed by atoms with Crippen molar-refractivity contribution in [3.05, 3.63) is 24.2 Å². The van der Waals surface area contributed by atoms with E-state index in [1.807, 2.05) is 12.1 Å². The molecule has 0 bridgehead atoms. The van der Waals surface area contributed by atoms with E-state index in [9.17, 15) is 0 Å². The van der Waals surface area contributed by atoms with Crippen LogP contribution in [0.3, 0.4) is 0 Å². The zero-order valence-corrected chi connectivity index (χ0v) is 17.3. The van der Waals surface area contributed by atoms with Gasteiger partial charge in [-0.1, -0.05) is 0 Å². The Morgan fingerprint density at radius 1 is 1.21 bits per heavy atom. The van der Waals surface area contributed by atoms with Gasteiger partial charge in [-0.25, -0.2) is 4.99 Å². The molecule has 1 aromatic heterocycles.